The maximum absolute atomic E-state index is 11.8. The van der Waals surface area contributed by atoms with Crippen LogP contribution in [0.3, 0.4) is 0 Å². The molecule has 3 N–H and O–H groups in total. The van der Waals surface area contributed by atoms with Gasteiger partial charge in [-0.25, -0.2) is 13.6 Å². The highest BCUT2D eigenvalue weighted by Crippen LogP contribution is 2.09. The Hall–Kier alpha value is -1.40. The molecule has 18 heavy (non-hydrogen) atoms. The van der Waals surface area contributed by atoms with Crippen LogP contribution in [0.15, 0.2) is 29.2 Å². The molecule has 0 aliphatic rings. The second kappa shape index (κ2) is 5.97. The van der Waals surface area contributed by atoms with Crippen molar-refractivity contribution in [3.05, 3.63) is 29.8 Å². The lowest BCUT2D eigenvalue weighted by Crippen LogP contribution is -2.33. The first-order valence-corrected chi connectivity index (χ1v) is 7.36. The maximum Gasteiger partial charge on any atom is 0.251 e. The van der Waals surface area contributed by atoms with Crippen molar-refractivity contribution in [2.45, 2.75) is 37.6 Å². The van der Waals surface area contributed by atoms with E-state index in [0.29, 0.717) is 5.56 Å². The Kier molecular flexibility index (Phi) is 4.86. The van der Waals surface area contributed by atoms with Crippen LogP contribution < -0.4 is 10.5 Å². The topological polar surface area (TPSA) is 89.3 Å². The molecule has 0 bridgehead atoms. The van der Waals surface area contributed by atoms with Gasteiger partial charge in [-0.15, -0.1) is 0 Å². The normalized spacial score (nSPS) is 11.6. The van der Waals surface area contributed by atoms with E-state index in [2.05, 4.69) is 5.32 Å². The lowest BCUT2D eigenvalue weighted by molar-refractivity contribution is 0.0934. The molecule has 1 aromatic carbocycles. The number of hydrogen-bond acceptors (Lipinski definition) is 3. The quantitative estimate of drug-likeness (QED) is 0.844. The minimum Gasteiger partial charge on any atom is -0.349 e. The molecule has 0 heterocycles. The van der Waals surface area contributed by atoms with Crippen LogP contribution >= 0.6 is 0 Å². The van der Waals surface area contributed by atoms with Gasteiger partial charge in [0.15, 0.2) is 0 Å². The van der Waals surface area contributed by atoms with Gasteiger partial charge in [0.2, 0.25) is 10.0 Å². The molecule has 0 aliphatic carbocycles. The van der Waals surface area contributed by atoms with Crippen molar-refractivity contribution in [2.75, 3.05) is 0 Å². The van der Waals surface area contributed by atoms with Crippen LogP contribution in [0, 0.1) is 0 Å². The summed E-state index contributed by atoms with van der Waals surface area (Å²) in [5.41, 5.74) is 0.425. The minimum atomic E-state index is -3.71. The predicted octanol–water partition coefficient (Wildman–Crippen LogP) is 1.25. The van der Waals surface area contributed by atoms with Gasteiger partial charge in [-0.2, -0.15) is 0 Å². The van der Waals surface area contributed by atoms with E-state index in [0.717, 1.165) is 12.8 Å². The van der Waals surface area contributed by atoms with Gasteiger partial charge in [-0.05, 0) is 37.1 Å². The van der Waals surface area contributed by atoms with Crippen molar-refractivity contribution in [1.82, 2.24) is 5.32 Å². The predicted molar refractivity (Wildman–Crippen MR) is 69.7 cm³/mol. The van der Waals surface area contributed by atoms with Crippen LogP contribution in [0.5, 0.6) is 0 Å². The largest absolute Gasteiger partial charge is 0.349 e. The number of amides is 1. The third kappa shape index (κ3) is 3.82. The van der Waals surface area contributed by atoms with Crippen LogP contribution in [0.4, 0.5) is 0 Å². The molecule has 1 rings (SSSR count). The fourth-order valence-electron chi connectivity index (χ4n) is 1.56. The maximum atomic E-state index is 11.8. The van der Waals surface area contributed by atoms with E-state index in [1.54, 1.807) is 0 Å². The van der Waals surface area contributed by atoms with Crippen LogP contribution in [0.2, 0.25) is 0 Å². The molecule has 0 saturated carbocycles. The number of benzene rings is 1. The van der Waals surface area contributed by atoms with Crippen molar-refractivity contribution in [2.24, 2.45) is 5.14 Å². The molecule has 100 valence electrons. The first-order valence-electron chi connectivity index (χ1n) is 5.82. The van der Waals surface area contributed by atoms with E-state index in [4.69, 9.17) is 5.14 Å². The molecule has 0 unspecified atom stereocenters. The summed E-state index contributed by atoms with van der Waals surface area (Å²) < 4.78 is 22.1. The van der Waals surface area contributed by atoms with Gasteiger partial charge in [0, 0.05) is 11.6 Å². The zero-order chi connectivity index (χ0) is 13.8. The van der Waals surface area contributed by atoms with E-state index in [1.165, 1.54) is 24.3 Å². The third-order valence-corrected chi connectivity index (χ3v) is 3.70. The summed E-state index contributed by atoms with van der Waals surface area (Å²) in [5.74, 6) is -0.204. The van der Waals surface area contributed by atoms with Crippen LogP contribution in [0.1, 0.15) is 37.0 Å². The number of nitrogens with two attached hydrogens (primary N) is 1. The first-order chi connectivity index (χ1) is 8.38. The molecule has 0 aliphatic heterocycles. The van der Waals surface area contributed by atoms with Gasteiger partial charge < -0.3 is 5.32 Å². The minimum absolute atomic E-state index is 0.00147. The lowest BCUT2D eigenvalue weighted by Gasteiger charge is -2.14. The summed E-state index contributed by atoms with van der Waals surface area (Å²) in [6, 6.07) is 5.71. The number of rotatable bonds is 5. The summed E-state index contributed by atoms with van der Waals surface area (Å²) in [6.45, 7) is 4.00. The van der Waals surface area contributed by atoms with E-state index < -0.39 is 10.0 Å². The Balaban J connectivity index is 2.83. The second-order valence-corrected chi connectivity index (χ2v) is 5.62. The first kappa shape index (κ1) is 14.7. The monoisotopic (exact) mass is 270 g/mol. The molecule has 0 atom stereocenters. The van der Waals surface area contributed by atoms with Crippen molar-refractivity contribution < 1.29 is 13.2 Å². The molecule has 0 radical (unpaired) electrons. The van der Waals surface area contributed by atoms with Crippen LogP contribution in [-0.2, 0) is 10.0 Å². The molecule has 6 heteroatoms. The molecule has 1 amide bonds. The van der Waals surface area contributed by atoms with E-state index in [1.807, 2.05) is 13.8 Å². The molecule has 0 spiro atoms. The number of carbonyl (C=O) groups is 1. The fraction of sp³-hybridized carbons (Fsp3) is 0.417. The Bertz CT molecular complexity index is 505. The third-order valence-electron chi connectivity index (χ3n) is 2.77. The highest BCUT2D eigenvalue weighted by atomic mass is 32.2. The fourth-order valence-corrected chi connectivity index (χ4v) is 2.07. The van der Waals surface area contributed by atoms with Gasteiger partial charge in [0.05, 0.1) is 4.90 Å². The van der Waals surface area contributed by atoms with Gasteiger partial charge in [0.1, 0.15) is 0 Å². The number of sulfonamides is 1. The number of hydrogen-bond donors (Lipinski definition) is 2. The molecule has 5 nitrogen and oxygen atoms in total. The standard InChI is InChI=1S/C12H18N2O3S/c1-3-10(4-2)14-12(15)9-5-7-11(8-6-9)18(13,16)17/h5-8,10H,3-4H2,1-2H3,(H,14,15)(H2,13,16,17). The lowest BCUT2D eigenvalue weighted by atomic mass is 10.1. The van der Waals surface area contributed by atoms with Crippen molar-refractivity contribution in [3.8, 4) is 0 Å². The van der Waals surface area contributed by atoms with Gasteiger partial charge in [-0.3, -0.25) is 4.79 Å². The Labute approximate surface area is 107 Å². The molecular formula is C12H18N2O3S. The van der Waals surface area contributed by atoms with Crippen molar-refractivity contribution in [3.63, 3.8) is 0 Å². The number of primary sulfonamides is 1. The SMILES string of the molecule is CCC(CC)NC(=O)c1ccc(S(N)(=O)=O)cc1. The van der Waals surface area contributed by atoms with E-state index in [9.17, 15) is 13.2 Å². The highest BCUT2D eigenvalue weighted by Gasteiger charge is 2.12. The van der Waals surface area contributed by atoms with Gasteiger partial charge in [0.25, 0.3) is 5.91 Å². The zero-order valence-corrected chi connectivity index (χ0v) is 11.3. The summed E-state index contributed by atoms with van der Waals surface area (Å²) in [7, 11) is -3.71. The van der Waals surface area contributed by atoms with E-state index >= 15 is 0 Å². The molecule has 1 aromatic rings. The highest BCUT2D eigenvalue weighted by molar-refractivity contribution is 7.89. The van der Waals surface area contributed by atoms with Crippen molar-refractivity contribution >= 4 is 15.9 Å². The van der Waals surface area contributed by atoms with Gasteiger partial charge >= 0.3 is 0 Å². The average molecular weight is 270 g/mol. The average Bonchev–Trinajstić information content (AvgIpc) is 2.34. The molecule has 0 saturated heterocycles. The summed E-state index contributed by atoms with van der Waals surface area (Å²) in [6.07, 6.45) is 1.72. The summed E-state index contributed by atoms with van der Waals surface area (Å²) >= 11 is 0. The number of carbonyl (C=O) groups excluding carboxylic acids is 1. The summed E-state index contributed by atoms with van der Waals surface area (Å²) in [5, 5.41) is 7.85. The Morgan fingerprint density at radius 1 is 1.22 bits per heavy atom. The van der Waals surface area contributed by atoms with Crippen LogP contribution in [-0.4, -0.2) is 20.4 Å². The van der Waals surface area contributed by atoms with Crippen molar-refractivity contribution in [1.29, 1.82) is 0 Å². The van der Waals surface area contributed by atoms with Gasteiger partial charge in [-0.1, -0.05) is 13.8 Å². The zero-order valence-electron chi connectivity index (χ0n) is 10.5. The molecule has 0 aromatic heterocycles. The summed E-state index contributed by atoms with van der Waals surface area (Å²) in [4.78, 5) is 11.8. The van der Waals surface area contributed by atoms with E-state index in [-0.39, 0.29) is 16.8 Å². The molecule has 0 fully saturated rings. The molecular weight excluding hydrogens is 252 g/mol. The Morgan fingerprint density at radius 3 is 2.11 bits per heavy atom. The van der Waals surface area contributed by atoms with Crippen LogP contribution in [0.25, 0.3) is 0 Å². The second-order valence-electron chi connectivity index (χ2n) is 4.06. The Morgan fingerprint density at radius 2 is 1.72 bits per heavy atom. The smallest absolute Gasteiger partial charge is 0.251 e. The number of nitrogens with one attached hydrogen (secondary N) is 1.